The van der Waals surface area contributed by atoms with Crippen molar-refractivity contribution in [3.8, 4) is 0 Å². The van der Waals surface area contributed by atoms with E-state index in [4.69, 9.17) is 0 Å². The van der Waals surface area contributed by atoms with Crippen molar-refractivity contribution in [3.63, 3.8) is 0 Å². The molecule has 0 aromatic rings. The average Bonchev–Trinajstić information content (AvgIpc) is 0. The van der Waals surface area contributed by atoms with E-state index in [1.807, 2.05) is 0 Å². The van der Waals surface area contributed by atoms with Gasteiger partial charge in [0, 0.05) is 31.1 Å². The van der Waals surface area contributed by atoms with Gasteiger partial charge in [0.1, 0.15) is 0 Å². The van der Waals surface area contributed by atoms with Crippen LogP contribution in [0.15, 0.2) is 0 Å². The van der Waals surface area contributed by atoms with Crippen LogP contribution in [0, 0.1) is 31.1 Å². The Kier molecular flexibility index (Phi) is 290. The molecule has 6 heavy (non-hydrogen) atoms. The molecule has 32 valence electrons. The van der Waals surface area contributed by atoms with Gasteiger partial charge in [-0.15, -0.1) is 37.2 Å². The maximum atomic E-state index is 0. The van der Waals surface area contributed by atoms with Gasteiger partial charge >= 0.3 is 70.2 Å². The Labute approximate surface area is 138 Å². The molecule has 0 heterocycles. The first-order chi connectivity index (χ1) is 0. The van der Waals surface area contributed by atoms with Gasteiger partial charge < -0.3 is 2.85 Å². The monoisotopic (exact) mass is 394 g/mol. The molecule has 0 rings (SSSR count). The number of rotatable bonds is 0. The van der Waals surface area contributed by atoms with Crippen LogP contribution in [0.3, 0.4) is 0 Å². The van der Waals surface area contributed by atoms with Crippen LogP contribution < -0.4 is 70.2 Å². The predicted octanol–water partition coefficient (Wildman–Crippen LogP) is -4.50. The van der Waals surface area contributed by atoms with Gasteiger partial charge in [-0.2, -0.15) is 0 Å². The van der Waals surface area contributed by atoms with Crippen molar-refractivity contribution in [1.82, 2.24) is 0 Å². The minimum atomic E-state index is 0. The van der Waals surface area contributed by atoms with E-state index in [1.165, 1.54) is 0 Å². The molecule has 0 aliphatic rings. The first kappa shape index (κ1) is 49.3. The number of hydrogen-bond acceptors (Lipinski definition) is 0. The van der Waals surface area contributed by atoms with Crippen molar-refractivity contribution < 1.29 is 104 Å². The minimum Gasteiger partial charge on any atom is -1.00 e. The first-order valence-corrected chi connectivity index (χ1v) is 0. The van der Waals surface area contributed by atoms with Crippen LogP contribution in [0.25, 0.3) is 0 Å². The van der Waals surface area contributed by atoms with Crippen LogP contribution in [0.2, 0.25) is 0 Å². The molecule has 0 saturated carbocycles. The summed E-state index contributed by atoms with van der Waals surface area (Å²) in [5.74, 6) is 0. The van der Waals surface area contributed by atoms with E-state index in [2.05, 4.69) is 0 Å². The van der Waals surface area contributed by atoms with E-state index in [0.29, 0.717) is 0 Å². The Morgan fingerprint density at radius 2 is 0.833 bits per heavy atom. The average molecular weight is 395 g/mol. The third kappa shape index (κ3) is 24.2. The second-order valence-corrected chi connectivity index (χ2v) is 0. The molecule has 0 aliphatic heterocycles. The molecule has 0 aromatic carbocycles. The normalized spacial score (nSPS) is 0. The Hall–Kier alpha value is 4.16. The van der Waals surface area contributed by atoms with E-state index in [9.17, 15) is 0 Å². The molecular formula is H5Cl3KLiU. The van der Waals surface area contributed by atoms with Gasteiger partial charge in [0.05, 0.1) is 0 Å². The van der Waals surface area contributed by atoms with Crippen LogP contribution in [-0.4, -0.2) is 0 Å². The summed E-state index contributed by atoms with van der Waals surface area (Å²) in [6.07, 6.45) is 0. The second kappa shape index (κ2) is 35.3. The van der Waals surface area contributed by atoms with Crippen LogP contribution in [0.1, 0.15) is 2.85 Å². The van der Waals surface area contributed by atoms with E-state index in [-0.39, 0.29) is 141 Å². The summed E-state index contributed by atoms with van der Waals surface area (Å²) >= 11 is 0. The fraction of sp³-hybridized carbons (Fsp3) is 0. The Balaban J connectivity index is 0. The largest absolute Gasteiger partial charge is 1.00 e. The molecule has 6 heteroatoms. The van der Waals surface area contributed by atoms with Crippen LogP contribution >= 0.6 is 37.2 Å². The van der Waals surface area contributed by atoms with Crippen molar-refractivity contribution in [2.75, 3.05) is 0 Å². The zero-order valence-electron chi connectivity index (χ0n) is 5.72. The first-order valence-electron chi connectivity index (χ1n) is 0. The molecule has 0 N–H and O–H groups in total. The van der Waals surface area contributed by atoms with E-state index in [0.717, 1.165) is 0 Å². The molecular weight excluding hydrogens is 390 g/mol. The molecule has 0 bridgehead atoms. The maximum absolute atomic E-state index is 0. The minimum absolute atomic E-state index is 0. The van der Waals surface area contributed by atoms with Crippen LogP contribution in [0.5, 0.6) is 0 Å². The zero-order valence-corrected chi connectivity index (χ0v) is 13.5. The van der Waals surface area contributed by atoms with Crippen molar-refractivity contribution in [2.45, 2.75) is 0 Å². The fourth-order valence-electron chi connectivity index (χ4n) is 0. The van der Waals surface area contributed by atoms with Gasteiger partial charge in [-0.05, 0) is 0 Å². The summed E-state index contributed by atoms with van der Waals surface area (Å²) in [6, 6.07) is 0. The summed E-state index contributed by atoms with van der Waals surface area (Å²) in [5, 5.41) is 0. The van der Waals surface area contributed by atoms with Crippen molar-refractivity contribution in [1.29, 1.82) is 0 Å². The molecule has 0 aromatic heterocycles. The van der Waals surface area contributed by atoms with E-state index >= 15 is 0 Å². The molecule has 0 aliphatic carbocycles. The Morgan fingerprint density at radius 3 is 0.833 bits per heavy atom. The van der Waals surface area contributed by atoms with Gasteiger partial charge in [-0.3, -0.25) is 0 Å². The maximum Gasteiger partial charge on any atom is 1.00 e. The van der Waals surface area contributed by atoms with E-state index < -0.39 is 0 Å². The zero-order chi connectivity index (χ0) is 0. The quantitative estimate of drug-likeness (QED) is 0.363. The fourth-order valence-corrected chi connectivity index (χ4v) is 0. The van der Waals surface area contributed by atoms with Gasteiger partial charge in [0.15, 0.2) is 0 Å². The Bertz CT molecular complexity index is 17.2. The summed E-state index contributed by atoms with van der Waals surface area (Å²) in [5.41, 5.74) is 0. The van der Waals surface area contributed by atoms with Gasteiger partial charge in [-0.25, -0.2) is 0 Å². The SMILES string of the molecule is Cl.Cl.Cl.[H-].[H-].[K+].[Li+].[U]. The molecule has 0 fully saturated rings. The van der Waals surface area contributed by atoms with Crippen molar-refractivity contribution >= 4 is 37.2 Å². The number of hydrogen-bond donors (Lipinski definition) is 0. The molecule has 0 saturated heterocycles. The third-order valence-electron chi connectivity index (χ3n) is 0. The van der Waals surface area contributed by atoms with Crippen molar-refractivity contribution in [2.24, 2.45) is 0 Å². The van der Waals surface area contributed by atoms with E-state index in [1.54, 1.807) is 0 Å². The molecule has 0 atom stereocenters. The van der Waals surface area contributed by atoms with Crippen molar-refractivity contribution in [3.05, 3.63) is 0 Å². The molecule has 0 radical (unpaired) electrons. The second-order valence-electron chi connectivity index (χ2n) is 0. The van der Waals surface area contributed by atoms with Crippen LogP contribution in [-0.2, 0) is 0 Å². The topological polar surface area (TPSA) is 0 Å². The predicted molar refractivity (Wildman–Crippen MR) is 24.0 cm³/mol. The van der Waals surface area contributed by atoms with Gasteiger partial charge in [0.25, 0.3) is 0 Å². The Morgan fingerprint density at radius 1 is 0.833 bits per heavy atom. The summed E-state index contributed by atoms with van der Waals surface area (Å²) in [4.78, 5) is 0. The van der Waals surface area contributed by atoms with Gasteiger partial charge in [-0.1, -0.05) is 0 Å². The summed E-state index contributed by atoms with van der Waals surface area (Å²) in [7, 11) is 0. The molecule has 0 nitrogen and oxygen atoms in total. The molecule has 0 spiro atoms. The van der Waals surface area contributed by atoms with Gasteiger partial charge in [0.2, 0.25) is 0 Å². The summed E-state index contributed by atoms with van der Waals surface area (Å²) in [6.45, 7) is 0. The van der Waals surface area contributed by atoms with Crippen LogP contribution in [0.4, 0.5) is 0 Å². The standard InChI is InChI=1S/3ClH.K.Li.U.2H/h3*1H;;;;;/q;;;2*+1;;2*-1. The smallest absolute Gasteiger partial charge is 1.00 e. The summed E-state index contributed by atoms with van der Waals surface area (Å²) < 4.78 is 0. The molecule has 0 amide bonds. The molecule has 0 unspecified atom stereocenters. The third-order valence-corrected chi connectivity index (χ3v) is 0. The number of halogens is 3.